The van der Waals surface area contributed by atoms with Gasteiger partial charge in [0, 0.05) is 41.8 Å². The number of ether oxygens (including phenoxy) is 2. The van der Waals surface area contributed by atoms with Gasteiger partial charge in [0.15, 0.2) is 0 Å². The van der Waals surface area contributed by atoms with Crippen LogP contribution in [0.25, 0.3) is 11.0 Å². The van der Waals surface area contributed by atoms with Crippen molar-refractivity contribution in [3.05, 3.63) is 88.6 Å². The van der Waals surface area contributed by atoms with Gasteiger partial charge >= 0.3 is 5.97 Å². The Morgan fingerprint density at radius 3 is 2.60 bits per heavy atom. The summed E-state index contributed by atoms with van der Waals surface area (Å²) in [5.74, 6) is -1.47. The standard InChI is InChI=1S/C38H39F2N7O6/c39-27-16-33(38(50)51)47(19-27)36(48)18-42-37(49)25-6-7-32-31(15-25)43-34(46(32)20-28-10-13-52-28)21-45-11-8-24(9-12-45)30-2-1-3-35(44-30)53-22-26-5-4-23(17-41)14-29(26)40/h1-7,14-15,24,27-28,33H,8-13,16,18-22H2,(H,42,49)(H,50,51)/t27-,28-,33-/m0/s1. The van der Waals surface area contributed by atoms with E-state index in [4.69, 9.17) is 24.7 Å². The van der Waals surface area contributed by atoms with E-state index in [9.17, 15) is 28.3 Å². The Labute approximate surface area is 304 Å². The predicted octanol–water partition coefficient (Wildman–Crippen LogP) is 3.94. The number of nitrogens with one attached hydrogen (secondary N) is 1. The Kier molecular flexibility index (Phi) is 10.6. The highest BCUT2D eigenvalue weighted by molar-refractivity contribution is 5.99. The topological polar surface area (TPSA) is 163 Å². The van der Waals surface area contributed by atoms with Crippen LogP contribution in [0.1, 0.15) is 64.6 Å². The number of hydrogen-bond acceptors (Lipinski definition) is 9. The number of piperidine rings is 1. The number of halogens is 2. The molecule has 0 radical (unpaired) electrons. The lowest BCUT2D eigenvalue weighted by atomic mass is 9.93. The first-order valence-electron chi connectivity index (χ1n) is 17.7. The molecule has 0 saturated carbocycles. The maximum Gasteiger partial charge on any atom is 0.326 e. The fourth-order valence-electron chi connectivity index (χ4n) is 7.14. The number of amides is 2. The SMILES string of the molecule is N#Cc1ccc(COc2cccc(C3CCN(Cc4nc5cc(C(=O)NCC(=O)N6C[C@@H](F)C[C@H]6C(=O)O)ccc5n4C[C@@H]4CCO4)CC3)n2)c(F)c1. The molecule has 13 nitrogen and oxygen atoms in total. The van der Waals surface area contributed by atoms with Gasteiger partial charge in [-0.1, -0.05) is 12.1 Å². The maximum atomic E-state index is 14.3. The van der Waals surface area contributed by atoms with Crippen LogP contribution >= 0.6 is 0 Å². The minimum atomic E-state index is -1.42. The van der Waals surface area contributed by atoms with Gasteiger partial charge in [-0.25, -0.2) is 23.5 Å². The lowest BCUT2D eigenvalue weighted by Gasteiger charge is -2.32. The van der Waals surface area contributed by atoms with Crippen molar-refractivity contribution in [2.24, 2.45) is 0 Å². The number of likely N-dealkylation sites (tertiary alicyclic amines) is 2. The first-order valence-corrected chi connectivity index (χ1v) is 17.7. The number of nitrogens with zero attached hydrogens (tertiary/aromatic N) is 6. The highest BCUT2D eigenvalue weighted by atomic mass is 19.1. The molecule has 3 atom stereocenters. The van der Waals surface area contributed by atoms with E-state index in [-0.39, 0.29) is 37.2 Å². The molecule has 3 aliphatic rings. The molecule has 0 bridgehead atoms. The van der Waals surface area contributed by atoms with Crippen LogP contribution in [0.15, 0.2) is 54.6 Å². The minimum Gasteiger partial charge on any atom is -0.480 e. The molecule has 3 saturated heterocycles. The number of nitriles is 1. The van der Waals surface area contributed by atoms with Gasteiger partial charge in [-0.15, -0.1) is 0 Å². The summed E-state index contributed by atoms with van der Waals surface area (Å²) in [7, 11) is 0. The summed E-state index contributed by atoms with van der Waals surface area (Å²) in [6, 6.07) is 15.8. The number of pyridine rings is 1. The molecule has 2 amide bonds. The van der Waals surface area contributed by atoms with Crippen molar-refractivity contribution in [3.63, 3.8) is 0 Å². The molecule has 2 aromatic carbocycles. The van der Waals surface area contributed by atoms with Crippen LogP contribution < -0.4 is 10.1 Å². The molecule has 2 aromatic heterocycles. The molecule has 276 valence electrons. The van der Waals surface area contributed by atoms with E-state index in [0.29, 0.717) is 42.2 Å². The number of imidazole rings is 1. The molecule has 4 aromatic rings. The van der Waals surface area contributed by atoms with E-state index < -0.39 is 42.4 Å². The van der Waals surface area contributed by atoms with Crippen molar-refractivity contribution < 1.29 is 37.7 Å². The van der Waals surface area contributed by atoms with Crippen LogP contribution in [-0.2, 0) is 34.0 Å². The molecule has 0 unspecified atom stereocenters. The number of aliphatic carboxylic acids is 1. The van der Waals surface area contributed by atoms with Crippen LogP contribution in [0.3, 0.4) is 0 Å². The average Bonchev–Trinajstić information content (AvgIpc) is 3.71. The Hall–Kier alpha value is -5.46. The number of carboxylic acid groups (broad SMARTS) is 1. The van der Waals surface area contributed by atoms with E-state index in [1.54, 1.807) is 30.3 Å². The van der Waals surface area contributed by atoms with Gasteiger partial charge in [-0.3, -0.25) is 14.5 Å². The summed E-state index contributed by atoms with van der Waals surface area (Å²) in [5.41, 5.74) is 3.29. The summed E-state index contributed by atoms with van der Waals surface area (Å²) < 4.78 is 41.9. The quantitative estimate of drug-likeness (QED) is 0.219. The summed E-state index contributed by atoms with van der Waals surface area (Å²) >= 11 is 0. The van der Waals surface area contributed by atoms with E-state index in [1.807, 2.05) is 24.3 Å². The number of carbonyl (C=O) groups is 3. The van der Waals surface area contributed by atoms with E-state index in [2.05, 4.69) is 14.8 Å². The maximum absolute atomic E-state index is 14.3. The van der Waals surface area contributed by atoms with Crippen LogP contribution in [0.2, 0.25) is 0 Å². The number of alkyl halides is 1. The van der Waals surface area contributed by atoms with Gasteiger partial charge in [-0.05, 0) is 68.8 Å². The lowest BCUT2D eigenvalue weighted by Crippen LogP contribution is -2.45. The Bertz CT molecular complexity index is 2060. The monoisotopic (exact) mass is 727 g/mol. The number of carbonyl (C=O) groups excluding carboxylic acids is 2. The van der Waals surface area contributed by atoms with Crippen LogP contribution in [0, 0.1) is 17.1 Å². The second-order valence-corrected chi connectivity index (χ2v) is 13.7. The zero-order chi connectivity index (χ0) is 37.1. The minimum absolute atomic E-state index is 0.000851. The number of carboxylic acids is 1. The molecular weight excluding hydrogens is 688 g/mol. The van der Waals surface area contributed by atoms with Gasteiger partial charge < -0.3 is 29.4 Å². The number of benzene rings is 2. The average molecular weight is 728 g/mol. The number of aromatic nitrogens is 3. The molecule has 7 rings (SSSR count). The van der Waals surface area contributed by atoms with E-state index in [1.165, 1.54) is 6.07 Å². The predicted molar refractivity (Wildman–Crippen MR) is 186 cm³/mol. The first kappa shape index (κ1) is 35.9. The van der Waals surface area contributed by atoms with Crippen molar-refractivity contribution in [1.29, 1.82) is 5.26 Å². The van der Waals surface area contributed by atoms with E-state index in [0.717, 1.165) is 54.3 Å². The van der Waals surface area contributed by atoms with Crippen LogP contribution in [-0.4, -0.2) is 98.3 Å². The Morgan fingerprint density at radius 1 is 1.08 bits per heavy atom. The van der Waals surface area contributed by atoms with Crippen molar-refractivity contribution >= 4 is 28.8 Å². The van der Waals surface area contributed by atoms with E-state index >= 15 is 0 Å². The van der Waals surface area contributed by atoms with Crippen molar-refractivity contribution in [3.8, 4) is 11.9 Å². The molecule has 0 spiro atoms. The van der Waals surface area contributed by atoms with Gasteiger partial charge in [0.25, 0.3) is 5.91 Å². The molecule has 53 heavy (non-hydrogen) atoms. The van der Waals surface area contributed by atoms with Gasteiger partial charge in [0.05, 0.1) is 54.9 Å². The third kappa shape index (κ3) is 8.13. The zero-order valence-electron chi connectivity index (χ0n) is 28.9. The number of rotatable bonds is 12. The van der Waals surface area contributed by atoms with Crippen molar-refractivity contribution in [2.75, 3.05) is 32.8 Å². The Morgan fingerprint density at radius 2 is 1.89 bits per heavy atom. The summed E-state index contributed by atoms with van der Waals surface area (Å²) in [6.07, 6.45) is 1.06. The van der Waals surface area contributed by atoms with Crippen LogP contribution in [0.5, 0.6) is 5.88 Å². The normalized spacial score (nSPS) is 20.5. The third-order valence-electron chi connectivity index (χ3n) is 10.2. The highest BCUT2D eigenvalue weighted by Gasteiger charge is 2.39. The molecule has 3 fully saturated rings. The molecule has 3 aliphatic heterocycles. The molecule has 5 heterocycles. The van der Waals surface area contributed by atoms with Crippen LogP contribution in [0.4, 0.5) is 8.78 Å². The molecule has 0 aliphatic carbocycles. The zero-order valence-corrected chi connectivity index (χ0v) is 28.9. The second-order valence-electron chi connectivity index (χ2n) is 13.7. The highest BCUT2D eigenvalue weighted by Crippen LogP contribution is 2.30. The number of hydrogen-bond donors (Lipinski definition) is 2. The summed E-state index contributed by atoms with van der Waals surface area (Å²) in [6.45, 7) is 2.78. The summed E-state index contributed by atoms with van der Waals surface area (Å²) in [4.78, 5) is 50.2. The summed E-state index contributed by atoms with van der Waals surface area (Å²) in [5, 5.41) is 20.9. The fourth-order valence-corrected chi connectivity index (χ4v) is 7.14. The third-order valence-corrected chi connectivity index (χ3v) is 10.2. The van der Waals surface area contributed by atoms with Crippen molar-refractivity contribution in [1.82, 2.24) is 29.7 Å². The molecule has 15 heteroatoms. The Balaban J connectivity index is 0.979. The van der Waals surface area contributed by atoms with Gasteiger partial charge in [-0.2, -0.15) is 5.26 Å². The smallest absolute Gasteiger partial charge is 0.326 e. The fraction of sp³-hybridized carbons (Fsp3) is 0.421. The van der Waals surface area contributed by atoms with Gasteiger partial charge in [0.1, 0.15) is 30.5 Å². The molecular formula is C38H39F2N7O6. The largest absolute Gasteiger partial charge is 0.480 e. The second kappa shape index (κ2) is 15.6. The van der Waals surface area contributed by atoms with Gasteiger partial charge in [0.2, 0.25) is 11.8 Å². The number of fused-ring (bicyclic) bond motifs is 1. The first-order chi connectivity index (χ1) is 25.6. The molecule has 2 N–H and O–H groups in total. The lowest BCUT2D eigenvalue weighted by molar-refractivity contribution is -0.147. The van der Waals surface area contributed by atoms with Crippen molar-refractivity contribution in [2.45, 2.75) is 69.6 Å².